The minimum atomic E-state index is 0.243. The van der Waals surface area contributed by atoms with Crippen molar-refractivity contribution in [3.05, 3.63) is 75.8 Å². The summed E-state index contributed by atoms with van der Waals surface area (Å²) in [6.45, 7) is 0. The van der Waals surface area contributed by atoms with Crippen molar-refractivity contribution >= 4 is 28.9 Å². The standard InChI is InChI=1S/C18H15Cl2N/c19-11-8-9-17-15(10-11)12-5-3-6-13(12)18(21-17)14-4-1-2-7-16(14)20/h1-5,7-10,12-13,18,21H,6H2. The van der Waals surface area contributed by atoms with Gasteiger partial charge in [-0.3, -0.25) is 0 Å². The summed E-state index contributed by atoms with van der Waals surface area (Å²) in [5.74, 6) is 0.914. The summed E-state index contributed by atoms with van der Waals surface area (Å²) in [5.41, 5.74) is 3.64. The fraction of sp³-hybridized carbons (Fsp3) is 0.222. The van der Waals surface area contributed by atoms with Gasteiger partial charge in [-0.05, 0) is 47.7 Å². The third kappa shape index (κ3) is 2.16. The van der Waals surface area contributed by atoms with Gasteiger partial charge in [-0.1, -0.05) is 53.6 Å². The number of benzene rings is 2. The van der Waals surface area contributed by atoms with Crippen molar-refractivity contribution in [2.24, 2.45) is 5.92 Å². The van der Waals surface area contributed by atoms with Gasteiger partial charge in [-0.2, -0.15) is 0 Å². The van der Waals surface area contributed by atoms with Gasteiger partial charge in [0.05, 0.1) is 6.04 Å². The minimum Gasteiger partial charge on any atom is -0.378 e. The molecule has 0 saturated heterocycles. The molecule has 0 spiro atoms. The Morgan fingerprint density at radius 2 is 1.86 bits per heavy atom. The van der Waals surface area contributed by atoms with Crippen LogP contribution in [0.25, 0.3) is 0 Å². The van der Waals surface area contributed by atoms with E-state index >= 15 is 0 Å². The van der Waals surface area contributed by atoms with E-state index in [1.54, 1.807) is 0 Å². The summed E-state index contributed by atoms with van der Waals surface area (Å²) >= 11 is 12.6. The first-order chi connectivity index (χ1) is 10.2. The van der Waals surface area contributed by atoms with E-state index in [2.05, 4.69) is 41.7 Å². The number of nitrogens with one attached hydrogen (secondary N) is 1. The highest BCUT2D eigenvalue weighted by Crippen LogP contribution is 2.51. The van der Waals surface area contributed by atoms with Crippen LogP contribution in [0.3, 0.4) is 0 Å². The number of anilines is 1. The van der Waals surface area contributed by atoms with Crippen LogP contribution in [0, 0.1) is 5.92 Å². The van der Waals surface area contributed by atoms with Crippen LogP contribution < -0.4 is 5.32 Å². The van der Waals surface area contributed by atoms with Crippen molar-refractivity contribution in [1.82, 2.24) is 0 Å². The van der Waals surface area contributed by atoms with E-state index < -0.39 is 0 Å². The maximum atomic E-state index is 6.42. The molecule has 2 aromatic rings. The van der Waals surface area contributed by atoms with Crippen molar-refractivity contribution in [3.63, 3.8) is 0 Å². The van der Waals surface area contributed by atoms with Crippen LogP contribution in [0.4, 0.5) is 5.69 Å². The number of halogens is 2. The predicted octanol–water partition coefficient (Wildman–Crippen LogP) is 5.82. The van der Waals surface area contributed by atoms with Crippen LogP contribution in [0.5, 0.6) is 0 Å². The molecule has 1 aliphatic carbocycles. The van der Waals surface area contributed by atoms with Crippen LogP contribution in [-0.2, 0) is 0 Å². The summed E-state index contributed by atoms with van der Waals surface area (Å²) in [7, 11) is 0. The third-order valence-electron chi connectivity index (χ3n) is 4.57. The molecular weight excluding hydrogens is 301 g/mol. The second kappa shape index (κ2) is 5.08. The Kier molecular flexibility index (Phi) is 3.20. The average molecular weight is 316 g/mol. The third-order valence-corrected chi connectivity index (χ3v) is 5.14. The molecular formula is C18H15Cl2N. The van der Waals surface area contributed by atoms with Crippen LogP contribution in [-0.4, -0.2) is 0 Å². The van der Waals surface area contributed by atoms with Gasteiger partial charge in [0.2, 0.25) is 0 Å². The van der Waals surface area contributed by atoms with E-state index in [-0.39, 0.29) is 6.04 Å². The van der Waals surface area contributed by atoms with Gasteiger partial charge in [-0.15, -0.1) is 0 Å². The molecule has 2 aliphatic rings. The van der Waals surface area contributed by atoms with Gasteiger partial charge in [0, 0.05) is 21.7 Å². The average Bonchev–Trinajstić information content (AvgIpc) is 2.97. The number of rotatable bonds is 1. The molecule has 3 heteroatoms. The maximum absolute atomic E-state index is 6.42. The molecule has 0 saturated carbocycles. The first-order valence-corrected chi connectivity index (χ1v) is 7.97. The monoisotopic (exact) mass is 315 g/mol. The van der Waals surface area contributed by atoms with Crippen LogP contribution >= 0.6 is 23.2 Å². The van der Waals surface area contributed by atoms with Gasteiger partial charge < -0.3 is 5.32 Å². The summed E-state index contributed by atoms with van der Waals surface area (Å²) in [6.07, 6.45) is 5.65. The first kappa shape index (κ1) is 13.2. The summed E-state index contributed by atoms with van der Waals surface area (Å²) in [6, 6.07) is 14.5. The Morgan fingerprint density at radius 1 is 1.00 bits per heavy atom. The fourth-order valence-electron chi connectivity index (χ4n) is 3.60. The highest BCUT2D eigenvalue weighted by molar-refractivity contribution is 6.31. The van der Waals surface area contributed by atoms with Crippen molar-refractivity contribution in [1.29, 1.82) is 0 Å². The Labute approximate surface area is 134 Å². The zero-order valence-corrected chi connectivity index (χ0v) is 12.9. The molecule has 1 aliphatic heterocycles. The lowest BCUT2D eigenvalue weighted by Gasteiger charge is -2.38. The molecule has 21 heavy (non-hydrogen) atoms. The first-order valence-electron chi connectivity index (χ1n) is 7.21. The van der Waals surface area contributed by atoms with Gasteiger partial charge in [-0.25, -0.2) is 0 Å². The van der Waals surface area contributed by atoms with Crippen molar-refractivity contribution in [2.75, 3.05) is 5.32 Å². The number of fused-ring (bicyclic) bond motifs is 3. The van der Waals surface area contributed by atoms with Gasteiger partial charge in [0.15, 0.2) is 0 Å². The Hall–Kier alpha value is -1.44. The molecule has 0 amide bonds. The maximum Gasteiger partial charge on any atom is 0.0568 e. The highest BCUT2D eigenvalue weighted by atomic mass is 35.5. The Morgan fingerprint density at radius 3 is 2.71 bits per heavy atom. The van der Waals surface area contributed by atoms with E-state index in [0.717, 1.165) is 22.2 Å². The lowest BCUT2D eigenvalue weighted by atomic mass is 9.77. The molecule has 4 rings (SSSR count). The Bertz CT molecular complexity index is 723. The van der Waals surface area contributed by atoms with Gasteiger partial charge in [0.25, 0.3) is 0 Å². The number of allylic oxidation sites excluding steroid dienone is 2. The topological polar surface area (TPSA) is 12.0 Å². The molecule has 3 atom stereocenters. The second-order valence-corrected chi connectivity index (χ2v) is 6.57. The second-order valence-electron chi connectivity index (χ2n) is 5.73. The summed E-state index contributed by atoms with van der Waals surface area (Å²) in [5, 5.41) is 5.30. The molecule has 2 aromatic carbocycles. The lowest BCUT2D eigenvalue weighted by molar-refractivity contribution is 0.426. The van der Waals surface area contributed by atoms with Gasteiger partial charge in [0.1, 0.15) is 0 Å². The zero-order valence-electron chi connectivity index (χ0n) is 11.4. The lowest BCUT2D eigenvalue weighted by Crippen LogP contribution is -2.29. The number of hydrogen-bond acceptors (Lipinski definition) is 1. The molecule has 1 heterocycles. The number of hydrogen-bond donors (Lipinski definition) is 1. The largest absolute Gasteiger partial charge is 0.378 e. The molecule has 106 valence electrons. The molecule has 0 fully saturated rings. The normalized spacial score (nSPS) is 26.1. The highest BCUT2D eigenvalue weighted by Gasteiger charge is 2.38. The van der Waals surface area contributed by atoms with E-state index in [4.69, 9.17) is 23.2 Å². The van der Waals surface area contributed by atoms with E-state index in [9.17, 15) is 0 Å². The van der Waals surface area contributed by atoms with Gasteiger partial charge >= 0.3 is 0 Å². The molecule has 0 aromatic heterocycles. The van der Waals surface area contributed by atoms with E-state index in [1.165, 1.54) is 11.1 Å². The molecule has 1 N–H and O–H groups in total. The zero-order chi connectivity index (χ0) is 14.4. The van der Waals surface area contributed by atoms with E-state index in [1.807, 2.05) is 18.2 Å². The van der Waals surface area contributed by atoms with Crippen molar-refractivity contribution < 1.29 is 0 Å². The summed E-state index contributed by atoms with van der Waals surface area (Å²) < 4.78 is 0. The molecule has 0 radical (unpaired) electrons. The molecule has 1 nitrogen and oxygen atoms in total. The Balaban J connectivity index is 1.82. The summed E-state index contributed by atoms with van der Waals surface area (Å²) in [4.78, 5) is 0. The van der Waals surface area contributed by atoms with Crippen molar-refractivity contribution in [2.45, 2.75) is 18.4 Å². The predicted molar refractivity (Wildman–Crippen MR) is 89.3 cm³/mol. The van der Waals surface area contributed by atoms with Crippen molar-refractivity contribution in [3.8, 4) is 0 Å². The SMILES string of the molecule is Clc1ccc2c(c1)C1C=CCC1C(c1ccccc1Cl)N2. The minimum absolute atomic E-state index is 0.243. The smallest absolute Gasteiger partial charge is 0.0568 e. The van der Waals surface area contributed by atoms with E-state index in [0.29, 0.717) is 11.8 Å². The van der Waals surface area contributed by atoms with Crippen LogP contribution in [0.2, 0.25) is 10.0 Å². The quantitative estimate of drug-likeness (QED) is 0.654. The molecule has 3 unspecified atom stereocenters. The molecule has 0 bridgehead atoms. The van der Waals surface area contributed by atoms with Crippen LogP contribution in [0.1, 0.15) is 29.5 Å². The van der Waals surface area contributed by atoms with Crippen LogP contribution in [0.15, 0.2) is 54.6 Å². The fourth-order valence-corrected chi connectivity index (χ4v) is 4.03.